The molecule has 6 heteroatoms. The molecule has 3 aromatic rings. The topological polar surface area (TPSA) is 72.5 Å². The highest BCUT2D eigenvalue weighted by Gasteiger charge is 2.20. The maximum absolute atomic E-state index is 12.5. The van der Waals surface area contributed by atoms with Gasteiger partial charge in [0, 0.05) is 6.54 Å². The molecule has 0 spiro atoms. The van der Waals surface area contributed by atoms with Crippen molar-refractivity contribution in [3.05, 3.63) is 96.1 Å². The second-order valence-corrected chi connectivity index (χ2v) is 7.06. The van der Waals surface area contributed by atoms with Crippen LogP contribution in [0.15, 0.2) is 89.8 Å². The molecule has 0 aliphatic heterocycles. The van der Waals surface area contributed by atoms with E-state index in [9.17, 15) is 13.2 Å². The fraction of sp³-hybridized carbons (Fsp3) is 0.0500. The molecule has 0 saturated heterocycles. The summed E-state index contributed by atoms with van der Waals surface area (Å²) in [7, 11) is -4.02. The number of nitrogens with one attached hydrogen (secondary N) is 1. The number of para-hydroxylation sites is 1. The molecule has 26 heavy (non-hydrogen) atoms. The van der Waals surface area contributed by atoms with Gasteiger partial charge < -0.3 is 9.50 Å². The number of carbonyl (C=O) groups is 1. The smallest absolute Gasteiger partial charge is 0.339 e. The van der Waals surface area contributed by atoms with E-state index in [2.05, 4.69) is 5.32 Å². The Balaban J connectivity index is 1.79. The van der Waals surface area contributed by atoms with Crippen molar-refractivity contribution < 1.29 is 17.4 Å². The van der Waals surface area contributed by atoms with E-state index in [0.717, 1.165) is 5.56 Å². The molecule has 3 rings (SSSR count). The zero-order valence-corrected chi connectivity index (χ0v) is 14.6. The lowest BCUT2D eigenvalue weighted by molar-refractivity contribution is 0.0949. The van der Waals surface area contributed by atoms with Crippen LogP contribution in [0.4, 0.5) is 0 Å². The van der Waals surface area contributed by atoms with Crippen molar-refractivity contribution in [1.29, 1.82) is 0 Å². The van der Waals surface area contributed by atoms with E-state index in [1.807, 2.05) is 30.3 Å². The quantitative estimate of drug-likeness (QED) is 0.678. The summed E-state index contributed by atoms with van der Waals surface area (Å²) in [5, 5.41) is 2.77. The Hall–Kier alpha value is -3.12. The number of hydrogen-bond acceptors (Lipinski definition) is 4. The highest BCUT2D eigenvalue weighted by molar-refractivity contribution is 7.87. The number of carbonyl (C=O) groups excluding carboxylic acids is 1. The number of amides is 1. The molecular formula is C20H17NO4S. The fourth-order valence-corrected chi connectivity index (χ4v) is 3.32. The third-order valence-corrected chi connectivity index (χ3v) is 4.91. The van der Waals surface area contributed by atoms with Crippen LogP contribution in [0.3, 0.4) is 0 Å². The van der Waals surface area contributed by atoms with E-state index in [1.54, 1.807) is 30.3 Å². The van der Waals surface area contributed by atoms with Crippen molar-refractivity contribution in [2.24, 2.45) is 0 Å². The lowest BCUT2D eigenvalue weighted by Gasteiger charge is -2.12. The molecule has 0 radical (unpaired) electrons. The average molecular weight is 367 g/mol. The summed E-state index contributed by atoms with van der Waals surface area (Å²) >= 11 is 0. The molecule has 1 N–H and O–H groups in total. The van der Waals surface area contributed by atoms with Gasteiger partial charge in [0.05, 0.1) is 5.56 Å². The molecule has 0 aromatic heterocycles. The third-order valence-electron chi connectivity index (χ3n) is 3.66. The molecular weight excluding hydrogens is 350 g/mol. The lowest BCUT2D eigenvalue weighted by atomic mass is 10.1. The highest BCUT2D eigenvalue weighted by Crippen LogP contribution is 2.23. The largest absolute Gasteiger partial charge is 0.378 e. The highest BCUT2D eigenvalue weighted by atomic mass is 32.2. The Kier molecular flexibility index (Phi) is 5.34. The monoisotopic (exact) mass is 367 g/mol. The molecule has 0 bridgehead atoms. The van der Waals surface area contributed by atoms with Crippen molar-refractivity contribution in [3.8, 4) is 5.75 Å². The second-order valence-electron chi connectivity index (χ2n) is 5.51. The van der Waals surface area contributed by atoms with Crippen LogP contribution in [-0.4, -0.2) is 14.3 Å². The molecule has 0 heterocycles. The summed E-state index contributed by atoms with van der Waals surface area (Å²) in [6.07, 6.45) is 0. The number of benzene rings is 3. The van der Waals surface area contributed by atoms with Gasteiger partial charge in [-0.25, -0.2) is 0 Å². The van der Waals surface area contributed by atoms with Gasteiger partial charge in [-0.2, -0.15) is 8.42 Å². The Morgan fingerprint density at radius 1 is 0.808 bits per heavy atom. The van der Waals surface area contributed by atoms with Gasteiger partial charge in [-0.3, -0.25) is 4.79 Å². The van der Waals surface area contributed by atoms with E-state index >= 15 is 0 Å². The van der Waals surface area contributed by atoms with Crippen LogP contribution in [0.5, 0.6) is 5.75 Å². The van der Waals surface area contributed by atoms with Gasteiger partial charge in [0.2, 0.25) is 0 Å². The Labute approximate surface area is 152 Å². The molecule has 132 valence electrons. The predicted molar refractivity (Wildman–Crippen MR) is 98.3 cm³/mol. The molecule has 0 atom stereocenters. The average Bonchev–Trinajstić information content (AvgIpc) is 2.68. The Morgan fingerprint density at radius 3 is 2.08 bits per heavy atom. The van der Waals surface area contributed by atoms with Crippen molar-refractivity contribution in [2.45, 2.75) is 11.4 Å². The predicted octanol–water partition coefficient (Wildman–Crippen LogP) is 3.38. The summed E-state index contributed by atoms with van der Waals surface area (Å²) < 4.78 is 30.0. The van der Waals surface area contributed by atoms with Crippen molar-refractivity contribution >= 4 is 16.0 Å². The van der Waals surface area contributed by atoms with Crippen molar-refractivity contribution in [2.75, 3.05) is 0 Å². The van der Waals surface area contributed by atoms with Gasteiger partial charge in [0.15, 0.2) is 5.75 Å². The van der Waals surface area contributed by atoms with E-state index in [1.165, 1.54) is 24.3 Å². The van der Waals surface area contributed by atoms with Crippen LogP contribution >= 0.6 is 0 Å². The normalized spacial score (nSPS) is 10.9. The molecule has 0 aliphatic rings. The maximum atomic E-state index is 12.5. The van der Waals surface area contributed by atoms with Gasteiger partial charge in [-0.15, -0.1) is 0 Å². The molecule has 0 saturated carbocycles. The molecule has 5 nitrogen and oxygen atoms in total. The summed E-state index contributed by atoms with van der Waals surface area (Å²) in [5.41, 5.74) is 1.10. The van der Waals surface area contributed by atoms with E-state index in [4.69, 9.17) is 4.18 Å². The van der Waals surface area contributed by atoms with E-state index in [0.29, 0.717) is 6.54 Å². The minimum Gasteiger partial charge on any atom is -0.378 e. The number of hydrogen-bond donors (Lipinski definition) is 1. The van der Waals surface area contributed by atoms with Crippen molar-refractivity contribution in [1.82, 2.24) is 5.32 Å². The van der Waals surface area contributed by atoms with Crippen LogP contribution in [0.2, 0.25) is 0 Å². The van der Waals surface area contributed by atoms with Crippen LogP contribution in [-0.2, 0) is 16.7 Å². The molecule has 0 unspecified atom stereocenters. The first-order valence-electron chi connectivity index (χ1n) is 7.97. The van der Waals surface area contributed by atoms with Crippen LogP contribution in [0, 0.1) is 0 Å². The van der Waals surface area contributed by atoms with Crippen LogP contribution in [0.25, 0.3) is 0 Å². The summed E-state index contributed by atoms with van der Waals surface area (Å²) in [4.78, 5) is 12.5. The zero-order valence-electron chi connectivity index (χ0n) is 13.8. The van der Waals surface area contributed by atoms with Crippen LogP contribution < -0.4 is 9.50 Å². The summed E-state index contributed by atoms with van der Waals surface area (Å²) in [6, 6.07) is 23.5. The van der Waals surface area contributed by atoms with E-state index in [-0.39, 0.29) is 16.2 Å². The minimum absolute atomic E-state index is 0.0121. The fourth-order valence-electron chi connectivity index (χ4n) is 2.35. The molecule has 3 aromatic carbocycles. The van der Waals surface area contributed by atoms with Gasteiger partial charge >= 0.3 is 10.1 Å². The maximum Gasteiger partial charge on any atom is 0.339 e. The van der Waals surface area contributed by atoms with E-state index < -0.39 is 16.0 Å². The second kappa shape index (κ2) is 7.84. The molecule has 0 aliphatic carbocycles. The molecule has 0 fully saturated rings. The van der Waals surface area contributed by atoms with Crippen molar-refractivity contribution in [3.63, 3.8) is 0 Å². The number of rotatable bonds is 6. The van der Waals surface area contributed by atoms with Crippen LogP contribution in [0.1, 0.15) is 15.9 Å². The summed E-state index contributed by atoms with van der Waals surface area (Å²) in [5.74, 6) is -0.422. The Morgan fingerprint density at radius 2 is 1.38 bits per heavy atom. The first kappa shape index (κ1) is 17.7. The van der Waals surface area contributed by atoms with Gasteiger partial charge in [0.25, 0.3) is 5.91 Å². The molecule has 1 amide bonds. The Bertz CT molecular complexity index is 987. The lowest BCUT2D eigenvalue weighted by Crippen LogP contribution is -2.24. The van der Waals surface area contributed by atoms with Gasteiger partial charge in [0.1, 0.15) is 4.90 Å². The third kappa shape index (κ3) is 4.29. The van der Waals surface area contributed by atoms with Gasteiger partial charge in [-0.1, -0.05) is 60.7 Å². The minimum atomic E-state index is -4.02. The zero-order chi connectivity index (χ0) is 18.4. The first-order valence-corrected chi connectivity index (χ1v) is 9.38. The SMILES string of the molecule is O=C(NCc1ccccc1)c1ccccc1OS(=O)(=O)c1ccccc1. The standard InChI is InChI=1S/C20H17NO4S/c22-20(21-15-16-9-3-1-4-10-16)18-13-7-8-14-19(18)25-26(23,24)17-11-5-2-6-12-17/h1-14H,15H2,(H,21,22). The summed E-state index contributed by atoms with van der Waals surface area (Å²) in [6.45, 7) is 0.333. The first-order chi connectivity index (χ1) is 12.6. The van der Waals surface area contributed by atoms with Gasteiger partial charge in [-0.05, 0) is 29.8 Å².